The molecule has 0 bridgehead atoms. The molecule has 1 aromatic carbocycles. The fourth-order valence-corrected chi connectivity index (χ4v) is 3.19. The lowest BCUT2D eigenvalue weighted by Crippen LogP contribution is -2.49. The summed E-state index contributed by atoms with van der Waals surface area (Å²) in [5, 5.41) is 3.50. The second-order valence-corrected chi connectivity index (χ2v) is 5.89. The van der Waals surface area contributed by atoms with E-state index in [4.69, 9.17) is 5.73 Å². The van der Waals surface area contributed by atoms with Gasteiger partial charge in [0.15, 0.2) is 5.13 Å². The molecule has 7 heteroatoms. The van der Waals surface area contributed by atoms with Crippen LogP contribution in [0.4, 0.5) is 5.13 Å². The van der Waals surface area contributed by atoms with Crippen LogP contribution in [0.2, 0.25) is 0 Å². The molecule has 5 nitrogen and oxygen atoms in total. The van der Waals surface area contributed by atoms with Gasteiger partial charge in [-0.05, 0) is 5.56 Å². The molecular formula is C14H17ClN4OS. The molecule has 1 atom stereocenters. The summed E-state index contributed by atoms with van der Waals surface area (Å²) in [4.78, 5) is 19.5. The molecular weight excluding hydrogens is 308 g/mol. The number of thiazole rings is 1. The van der Waals surface area contributed by atoms with E-state index in [9.17, 15) is 4.79 Å². The van der Waals surface area contributed by atoms with Crippen molar-refractivity contribution >= 4 is 34.8 Å². The van der Waals surface area contributed by atoms with Gasteiger partial charge in [0, 0.05) is 30.7 Å². The minimum Gasteiger partial charge on any atom is -0.375 e. The second-order valence-electron chi connectivity index (χ2n) is 4.74. The summed E-state index contributed by atoms with van der Waals surface area (Å²) < 4.78 is 0. The number of nitrogen functional groups attached to an aromatic ring is 1. The van der Waals surface area contributed by atoms with Crippen LogP contribution < -0.4 is 11.1 Å². The first kappa shape index (κ1) is 15.8. The highest BCUT2D eigenvalue weighted by Crippen LogP contribution is 2.26. The molecule has 112 valence electrons. The highest BCUT2D eigenvalue weighted by molar-refractivity contribution is 7.15. The molecule has 1 aliphatic rings. The SMILES string of the molecule is Cl.Nc1ncc(CN2CCNC(=O)C2c2ccccc2)s1. The Hall–Kier alpha value is -1.63. The van der Waals surface area contributed by atoms with Crippen molar-refractivity contribution in [3.63, 3.8) is 0 Å². The van der Waals surface area contributed by atoms with E-state index in [1.54, 1.807) is 6.20 Å². The average Bonchev–Trinajstić information content (AvgIpc) is 2.85. The van der Waals surface area contributed by atoms with Gasteiger partial charge in [-0.15, -0.1) is 23.7 Å². The van der Waals surface area contributed by atoms with Crippen molar-refractivity contribution in [3.05, 3.63) is 47.0 Å². The van der Waals surface area contributed by atoms with Gasteiger partial charge >= 0.3 is 0 Å². The zero-order valence-electron chi connectivity index (χ0n) is 11.4. The van der Waals surface area contributed by atoms with Gasteiger partial charge in [0.1, 0.15) is 6.04 Å². The molecule has 3 N–H and O–H groups in total. The molecule has 0 saturated carbocycles. The molecule has 2 heterocycles. The van der Waals surface area contributed by atoms with E-state index >= 15 is 0 Å². The molecule has 21 heavy (non-hydrogen) atoms. The van der Waals surface area contributed by atoms with Crippen LogP contribution in [0.15, 0.2) is 36.5 Å². The Morgan fingerprint density at radius 3 is 2.81 bits per heavy atom. The smallest absolute Gasteiger partial charge is 0.242 e. The Labute approximate surface area is 133 Å². The molecule has 0 spiro atoms. The zero-order valence-corrected chi connectivity index (χ0v) is 13.0. The number of carbonyl (C=O) groups excluding carboxylic acids is 1. The summed E-state index contributed by atoms with van der Waals surface area (Å²) in [5.74, 6) is 0.0555. The van der Waals surface area contributed by atoms with Gasteiger partial charge in [0.2, 0.25) is 5.91 Å². The number of amides is 1. The van der Waals surface area contributed by atoms with Gasteiger partial charge in [-0.3, -0.25) is 9.69 Å². The van der Waals surface area contributed by atoms with E-state index in [-0.39, 0.29) is 24.4 Å². The first-order chi connectivity index (χ1) is 9.74. The van der Waals surface area contributed by atoms with E-state index in [0.717, 1.165) is 17.0 Å². The minimum atomic E-state index is -0.242. The van der Waals surface area contributed by atoms with E-state index in [1.165, 1.54) is 11.3 Å². The van der Waals surface area contributed by atoms with E-state index < -0.39 is 0 Å². The van der Waals surface area contributed by atoms with Crippen LogP contribution in [-0.2, 0) is 11.3 Å². The summed E-state index contributed by atoms with van der Waals surface area (Å²) in [5.41, 5.74) is 6.68. The van der Waals surface area contributed by atoms with Gasteiger partial charge in [0.05, 0.1) is 0 Å². The first-order valence-electron chi connectivity index (χ1n) is 6.51. The number of nitrogens with two attached hydrogens (primary N) is 1. The third kappa shape index (κ3) is 3.53. The zero-order chi connectivity index (χ0) is 13.9. The van der Waals surface area contributed by atoms with Gasteiger partial charge in [-0.1, -0.05) is 30.3 Å². The predicted octanol–water partition coefficient (Wildman–Crippen LogP) is 1.82. The molecule has 2 aromatic rings. The van der Waals surface area contributed by atoms with E-state index in [2.05, 4.69) is 15.2 Å². The molecule has 3 rings (SSSR count). The monoisotopic (exact) mass is 324 g/mol. The second kappa shape index (κ2) is 6.89. The lowest BCUT2D eigenvalue weighted by molar-refractivity contribution is -0.129. The van der Waals surface area contributed by atoms with Crippen LogP contribution in [0.25, 0.3) is 0 Å². The van der Waals surface area contributed by atoms with Crippen molar-refractivity contribution in [3.8, 4) is 0 Å². The molecule has 0 aliphatic carbocycles. The van der Waals surface area contributed by atoms with E-state index in [1.807, 2.05) is 30.3 Å². The van der Waals surface area contributed by atoms with Crippen molar-refractivity contribution in [2.75, 3.05) is 18.8 Å². The van der Waals surface area contributed by atoms with Gasteiger partial charge < -0.3 is 11.1 Å². The largest absolute Gasteiger partial charge is 0.375 e. The molecule has 1 saturated heterocycles. The number of halogens is 1. The number of carbonyl (C=O) groups is 1. The number of nitrogens with zero attached hydrogens (tertiary/aromatic N) is 2. The minimum absolute atomic E-state index is 0. The van der Waals surface area contributed by atoms with Crippen molar-refractivity contribution in [2.24, 2.45) is 0 Å². The summed E-state index contributed by atoms with van der Waals surface area (Å²) in [7, 11) is 0. The van der Waals surface area contributed by atoms with Crippen LogP contribution in [0, 0.1) is 0 Å². The Morgan fingerprint density at radius 1 is 1.38 bits per heavy atom. The summed E-state index contributed by atoms with van der Waals surface area (Å²) >= 11 is 1.47. The third-order valence-corrected chi connectivity index (χ3v) is 4.17. The Morgan fingerprint density at radius 2 is 2.14 bits per heavy atom. The van der Waals surface area contributed by atoms with Gasteiger partial charge in [-0.2, -0.15) is 0 Å². The number of nitrogens with one attached hydrogen (secondary N) is 1. The van der Waals surface area contributed by atoms with Gasteiger partial charge in [0.25, 0.3) is 0 Å². The van der Waals surface area contributed by atoms with Crippen molar-refractivity contribution in [1.29, 1.82) is 0 Å². The normalized spacial score (nSPS) is 18.9. The predicted molar refractivity (Wildman–Crippen MR) is 86.4 cm³/mol. The number of rotatable bonds is 3. The Bertz CT molecular complexity index is 604. The van der Waals surface area contributed by atoms with Crippen molar-refractivity contribution < 1.29 is 4.79 Å². The molecule has 0 radical (unpaired) electrons. The van der Waals surface area contributed by atoms with Crippen LogP contribution in [0.5, 0.6) is 0 Å². The summed E-state index contributed by atoms with van der Waals surface area (Å²) in [6.07, 6.45) is 1.79. The average molecular weight is 325 g/mol. The first-order valence-corrected chi connectivity index (χ1v) is 7.32. The number of hydrogen-bond acceptors (Lipinski definition) is 5. The van der Waals surface area contributed by atoms with Crippen molar-refractivity contribution in [1.82, 2.24) is 15.2 Å². The van der Waals surface area contributed by atoms with E-state index in [0.29, 0.717) is 18.2 Å². The molecule has 1 fully saturated rings. The lowest BCUT2D eigenvalue weighted by atomic mass is 10.0. The Balaban J connectivity index is 0.00000161. The summed E-state index contributed by atoms with van der Waals surface area (Å²) in [6.45, 7) is 2.20. The maximum Gasteiger partial charge on any atom is 0.242 e. The highest BCUT2D eigenvalue weighted by Gasteiger charge is 2.31. The maximum absolute atomic E-state index is 12.2. The van der Waals surface area contributed by atoms with Gasteiger partial charge in [-0.25, -0.2) is 4.98 Å². The fourth-order valence-electron chi connectivity index (χ4n) is 2.48. The lowest BCUT2D eigenvalue weighted by Gasteiger charge is -2.34. The summed E-state index contributed by atoms with van der Waals surface area (Å²) in [6, 6.07) is 9.61. The molecule has 1 aliphatic heterocycles. The quantitative estimate of drug-likeness (QED) is 0.903. The Kier molecular flexibility index (Phi) is 5.17. The van der Waals surface area contributed by atoms with Crippen LogP contribution in [0.3, 0.4) is 0 Å². The molecule has 1 unspecified atom stereocenters. The standard InChI is InChI=1S/C14H16N4OS.ClH/c15-14-17-8-11(20-14)9-18-7-6-16-13(19)12(18)10-4-2-1-3-5-10;/h1-5,8,12H,6-7,9H2,(H2,15,17)(H,16,19);1H. The van der Waals surface area contributed by atoms with Crippen LogP contribution in [-0.4, -0.2) is 28.9 Å². The number of piperazine rings is 1. The molecule has 1 aromatic heterocycles. The third-order valence-electron chi connectivity index (χ3n) is 3.36. The maximum atomic E-state index is 12.2. The topological polar surface area (TPSA) is 71.2 Å². The highest BCUT2D eigenvalue weighted by atomic mass is 35.5. The van der Waals surface area contributed by atoms with Crippen molar-refractivity contribution in [2.45, 2.75) is 12.6 Å². The molecule has 1 amide bonds. The number of hydrogen-bond donors (Lipinski definition) is 2. The van der Waals surface area contributed by atoms with Crippen LogP contribution >= 0.6 is 23.7 Å². The fraction of sp³-hybridized carbons (Fsp3) is 0.286. The number of anilines is 1. The number of benzene rings is 1. The van der Waals surface area contributed by atoms with Crippen LogP contribution in [0.1, 0.15) is 16.5 Å². The number of aromatic nitrogens is 1.